The van der Waals surface area contributed by atoms with Crippen LogP contribution in [0.2, 0.25) is 0 Å². The molecule has 0 amide bonds. The normalized spacial score (nSPS) is 25.9. The number of rotatable bonds is 6. The fourth-order valence-corrected chi connectivity index (χ4v) is 5.34. The molecule has 1 saturated heterocycles. The lowest BCUT2D eigenvalue weighted by molar-refractivity contribution is 0.119. The topological polar surface area (TPSA) is 47.3 Å². The van der Waals surface area contributed by atoms with Crippen LogP contribution >= 0.6 is 0 Å². The first-order valence-electron chi connectivity index (χ1n) is 10.8. The van der Waals surface area contributed by atoms with Crippen molar-refractivity contribution in [2.75, 3.05) is 13.2 Å². The quantitative estimate of drug-likeness (QED) is 0.295. The molecule has 2 aliphatic rings. The van der Waals surface area contributed by atoms with Gasteiger partial charge in [-0.2, -0.15) is 0 Å². The van der Waals surface area contributed by atoms with Gasteiger partial charge in [0.15, 0.2) is 5.76 Å². The zero-order valence-corrected chi connectivity index (χ0v) is 18.2. The van der Waals surface area contributed by atoms with Crippen LogP contribution in [0.5, 0.6) is 0 Å². The summed E-state index contributed by atoms with van der Waals surface area (Å²) < 4.78 is 11.4. The second-order valence-corrected chi connectivity index (χ2v) is 9.32. The van der Waals surface area contributed by atoms with E-state index in [0.717, 1.165) is 41.9 Å². The predicted molar refractivity (Wildman–Crippen MR) is 119 cm³/mol. The minimum absolute atomic E-state index is 0.152. The maximum Gasteiger partial charge on any atom is 0.153 e. The van der Waals surface area contributed by atoms with Crippen LogP contribution in [0, 0.1) is 26.7 Å². The number of benzene rings is 2. The van der Waals surface area contributed by atoms with Crippen molar-refractivity contribution in [1.82, 2.24) is 0 Å². The highest BCUT2D eigenvalue weighted by atomic mass is 16.7. The van der Waals surface area contributed by atoms with Crippen LogP contribution in [0.15, 0.2) is 52.0 Å². The molecule has 156 valence electrons. The van der Waals surface area contributed by atoms with E-state index in [1.807, 2.05) is 18.2 Å². The van der Waals surface area contributed by atoms with Gasteiger partial charge in [-0.15, -0.1) is 0 Å². The lowest BCUT2D eigenvalue weighted by Crippen LogP contribution is -2.43. The number of aryl methyl sites for hydroxylation is 3. The van der Waals surface area contributed by atoms with Crippen molar-refractivity contribution in [1.29, 1.82) is 0 Å². The van der Waals surface area contributed by atoms with E-state index in [2.05, 4.69) is 57.1 Å². The van der Waals surface area contributed by atoms with Gasteiger partial charge in [0, 0.05) is 11.3 Å². The van der Waals surface area contributed by atoms with Gasteiger partial charge >= 0.3 is 0 Å². The predicted octanol–water partition coefficient (Wildman–Crippen LogP) is 5.85. The van der Waals surface area contributed by atoms with Gasteiger partial charge < -0.3 is 14.0 Å². The molecule has 0 N–H and O–H groups in total. The van der Waals surface area contributed by atoms with Crippen LogP contribution in [0.3, 0.4) is 0 Å². The molecule has 0 radical (unpaired) electrons. The highest BCUT2D eigenvalue weighted by Crippen LogP contribution is 2.51. The third-order valence-corrected chi connectivity index (χ3v) is 6.56. The Morgan fingerprint density at radius 1 is 1.10 bits per heavy atom. The third-order valence-electron chi connectivity index (χ3n) is 6.56. The van der Waals surface area contributed by atoms with Gasteiger partial charge in [-0.1, -0.05) is 48.0 Å². The molecule has 2 heterocycles. The Morgan fingerprint density at radius 2 is 1.80 bits per heavy atom. The second kappa shape index (κ2) is 7.28. The average Bonchev–Trinajstić information content (AvgIpc) is 3.38. The van der Waals surface area contributed by atoms with Gasteiger partial charge in [-0.05, 0) is 67.9 Å². The zero-order chi connectivity index (χ0) is 20.9. The summed E-state index contributed by atoms with van der Waals surface area (Å²) in [6.07, 6.45) is 2.27. The van der Waals surface area contributed by atoms with Gasteiger partial charge in [0.05, 0.1) is 6.61 Å². The number of hydrogen-bond acceptors (Lipinski definition) is 4. The monoisotopic (exact) mass is 403 g/mol. The summed E-state index contributed by atoms with van der Waals surface area (Å²) in [5, 5.41) is 5.65. The molecule has 30 heavy (non-hydrogen) atoms. The highest BCUT2D eigenvalue weighted by molar-refractivity contribution is 6.03. The van der Waals surface area contributed by atoms with Crippen molar-refractivity contribution in [3.63, 3.8) is 0 Å². The largest absolute Gasteiger partial charge is 0.455 e. The Bertz CT molecular complexity index is 1060. The SMILES string of the molecule is Cc1cc(C)c(C2(C)CC(/C(=N\OCC3CO3)c3cc4ccccc4o3)C2)c(C)c1. The maximum absolute atomic E-state index is 6.16. The zero-order valence-electron chi connectivity index (χ0n) is 18.2. The number of furan rings is 1. The molecular formula is C26H29NO3. The molecule has 2 fully saturated rings. The maximum atomic E-state index is 6.16. The van der Waals surface area contributed by atoms with Gasteiger partial charge in [-0.25, -0.2) is 0 Å². The van der Waals surface area contributed by atoms with E-state index >= 15 is 0 Å². The fraction of sp³-hybridized carbons (Fsp3) is 0.423. The summed E-state index contributed by atoms with van der Waals surface area (Å²) in [4.78, 5) is 5.67. The van der Waals surface area contributed by atoms with Crippen LogP contribution in [-0.4, -0.2) is 25.0 Å². The summed E-state index contributed by atoms with van der Waals surface area (Å²) in [5.41, 5.74) is 7.55. The molecule has 1 aromatic heterocycles. The van der Waals surface area contributed by atoms with E-state index in [-0.39, 0.29) is 11.5 Å². The van der Waals surface area contributed by atoms with Crippen LogP contribution in [0.4, 0.5) is 0 Å². The van der Waals surface area contributed by atoms with Gasteiger partial charge in [-0.3, -0.25) is 0 Å². The van der Waals surface area contributed by atoms with E-state index in [1.165, 1.54) is 22.3 Å². The fourth-order valence-electron chi connectivity index (χ4n) is 5.34. The summed E-state index contributed by atoms with van der Waals surface area (Å²) in [7, 11) is 0. The molecule has 1 saturated carbocycles. The Balaban J connectivity index is 1.43. The summed E-state index contributed by atoms with van der Waals surface area (Å²) in [6, 6.07) is 14.8. The number of para-hydroxylation sites is 1. The summed E-state index contributed by atoms with van der Waals surface area (Å²) in [5.74, 6) is 1.13. The first kappa shape index (κ1) is 19.4. The molecule has 1 aliphatic carbocycles. The number of ether oxygens (including phenoxy) is 1. The Labute approximate surface area is 177 Å². The lowest BCUT2D eigenvalue weighted by Gasteiger charge is -2.47. The molecule has 4 heteroatoms. The number of epoxide rings is 1. The number of fused-ring (bicyclic) bond motifs is 1. The number of nitrogens with zero attached hydrogens (tertiary/aromatic N) is 1. The molecule has 5 rings (SSSR count). The smallest absolute Gasteiger partial charge is 0.153 e. The third kappa shape index (κ3) is 3.54. The first-order chi connectivity index (χ1) is 14.4. The van der Waals surface area contributed by atoms with Crippen LogP contribution in [-0.2, 0) is 15.0 Å². The number of oxime groups is 1. The second-order valence-electron chi connectivity index (χ2n) is 9.32. The van der Waals surface area contributed by atoms with Gasteiger partial charge in [0.25, 0.3) is 0 Å². The summed E-state index contributed by atoms with van der Waals surface area (Å²) >= 11 is 0. The van der Waals surface area contributed by atoms with E-state index in [4.69, 9.17) is 14.0 Å². The van der Waals surface area contributed by atoms with Crippen molar-refractivity contribution < 1.29 is 14.0 Å². The Hall–Kier alpha value is -2.59. The van der Waals surface area contributed by atoms with Crippen molar-refractivity contribution in [2.45, 2.75) is 52.1 Å². The molecular weight excluding hydrogens is 374 g/mol. The lowest BCUT2D eigenvalue weighted by atomic mass is 9.57. The van der Waals surface area contributed by atoms with E-state index in [1.54, 1.807) is 0 Å². The minimum atomic E-state index is 0.152. The van der Waals surface area contributed by atoms with Crippen LogP contribution < -0.4 is 0 Å². The Kier molecular flexibility index (Phi) is 4.70. The van der Waals surface area contributed by atoms with Gasteiger partial charge in [0.1, 0.15) is 24.0 Å². The van der Waals surface area contributed by atoms with E-state index < -0.39 is 0 Å². The van der Waals surface area contributed by atoms with Crippen molar-refractivity contribution in [3.05, 3.63) is 70.5 Å². The molecule has 3 aromatic rings. The average molecular weight is 404 g/mol. The molecule has 0 bridgehead atoms. The van der Waals surface area contributed by atoms with Crippen LogP contribution in [0.25, 0.3) is 11.0 Å². The molecule has 4 nitrogen and oxygen atoms in total. The van der Waals surface area contributed by atoms with Crippen molar-refractivity contribution in [3.8, 4) is 0 Å². The first-order valence-corrected chi connectivity index (χ1v) is 10.8. The van der Waals surface area contributed by atoms with E-state index in [9.17, 15) is 0 Å². The van der Waals surface area contributed by atoms with Crippen LogP contribution in [0.1, 0.15) is 47.8 Å². The number of hydrogen-bond donors (Lipinski definition) is 0. The van der Waals surface area contributed by atoms with Gasteiger partial charge in [0.2, 0.25) is 0 Å². The standard InChI is InChI=1S/C26H29NO3/c1-16-9-17(2)24(18(3)10-16)26(4)12-20(13-26)25(27-29-15-21-14-28-21)23-11-19-7-5-6-8-22(19)30-23/h5-11,20-21H,12-15H2,1-4H3/b27-25+. The summed E-state index contributed by atoms with van der Waals surface area (Å²) in [6.45, 7) is 10.3. The molecule has 1 atom stereocenters. The highest BCUT2D eigenvalue weighted by Gasteiger charge is 2.46. The molecule has 2 aromatic carbocycles. The molecule has 1 unspecified atom stereocenters. The van der Waals surface area contributed by atoms with E-state index in [0.29, 0.717) is 12.5 Å². The van der Waals surface area contributed by atoms with Crippen molar-refractivity contribution in [2.24, 2.45) is 11.1 Å². The Morgan fingerprint density at radius 3 is 2.47 bits per heavy atom. The van der Waals surface area contributed by atoms with Crippen molar-refractivity contribution >= 4 is 16.7 Å². The molecule has 0 spiro atoms. The minimum Gasteiger partial charge on any atom is -0.455 e. The molecule has 1 aliphatic heterocycles.